The molecule has 31 heavy (non-hydrogen) atoms. The number of likely N-dealkylation sites (tertiary alicyclic amines) is 1. The summed E-state index contributed by atoms with van der Waals surface area (Å²) in [4.78, 5) is 28.1. The van der Waals surface area contributed by atoms with Gasteiger partial charge in [-0.1, -0.05) is 11.6 Å². The Labute approximate surface area is 187 Å². The maximum absolute atomic E-state index is 12.7. The Morgan fingerprint density at radius 1 is 1.19 bits per heavy atom. The lowest BCUT2D eigenvalue weighted by atomic mass is 9.94. The number of amides is 1. The molecule has 0 spiro atoms. The van der Waals surface area contributed by atoms with Crippen LogP contribution in [0.1, 0.15) is 35.2 Å². The van der Waals surface area contributed by atoms with E-state index in [-0.39, 0.29) is 16.3 Å². The largest absolute Gasteiger partial charge is 0.371 e. The van der Waals surface area contributed by atoms with Gasteiger partial charge in [0.2, 0.25) is 0 Å². The normalized spacial score (nSPS) is 17.3. The highest BCUT2D eigenvalue weighted by atomic mass is 35.5. The number of nitro groups is 1. The number of nitrogens with zero attached hydrogens (tertiary/aromatic N) is 3. The molecule has 164 valence electrons. The Hall–Kier alpha value is -2.64. The highest BCUT2D eigenvalue weighted by Gasteiger charge is 2.24. The molecule has 8 heteroatoms. The van der Waals surface area contributed by atoms with Crippen LogP contribution in [0, 0.1) is 16.0 Å². The van der Waals surface area contributed by atoms with Crippen molar-refractivity contribution in [1.82, 2.24) is 4.90 Å². The molecule has 7 nitrogen and oxygen atoms in total. The molecule has 2 heterocycles. The Kier molecular flexibility index (Phi) is 6.43. The molecule has 2 aromatic rings. The van der Waals surface area contributed by atoms with Gasteiger partial charge in [0.25, 0.3) is 11.6 Å². The van der Waals surface area contributed by atoms with Crippen molar-refractivity contribution in [3.63, 3.8) is 0 Å². The van der Waals surface area contributed by atoms with Crippen LogP contribution in [0.4, 0.5) is 17.1 Å². The van der Waals surface area contributed by atoms with E-state index in [1.54, 1.807) is 0 Å². The van der Waals surface area contributed by atoms with E-state index >= 15 is 0 Å². The fourth-order valence-corrected chi connectivity index (χ4v) is 4.70. The summed E-state index contributed by atoms with van der Waals surface area (Å²) >= 11 is 6.10. The number of anilines is 2. The lowest BCUT2D eigenvalue weighted by molar-refractivity contribution is -0.384. The zero-order valence-electron chi connectivity index (χ0n) is 17.6. The summed E-state index contributed by atoms with van der Waals surface area (Å²) in [6.45, 7) is 4.47. The molecule has 0 bridgehead atoms. The van der Waals surface area contributed by atoms with Crippen LogP contribution >= 0.6 is 11.6 Å². The number of non-ortho nitro benzene ring substituents is 1. The summed E-state index contributed by atoms with van der Waals surface area (Å²) in [6.07, 6.45) is 4.54. The van der Waals surface area contributed by atoms with Gasteiger partial charge in [-0.05, 0) is 81.6 Å². The van der Waals surface area contributed by atoms with Crippen LogP contribution in [0.25, 0.3) is 0 Å². The van der Waals surface area contributed by atoms with Gasteiger partial charge in [0.15, 0.2) is 0 Å². The molecule has 1 amide bonds. The number of nitro benzene ring substituents is 1. The maximum Gasteiger partial charge on any atom is 0.270 e. The quantitative estimate of drug-likeness (QED) is 0.541. The highest BCUT2D eigenvalue weighted by Crippen LogP contribution is 2.32. The van der Waals surface area contributed by atoms with Crippen molar-refractivity contribution in [2.24, 2.45) is 5.92 Å². The molecule has 2 aliphatic heterocycles. The second-order valence-corrected chi connectivity index (χ2v) is 8.92. The molecular formula is C23H27ClN4O3. The SMILES string of the molecule is CN1CCC(CN2CCCc3cc(NC(=O)c4cc([N+](=O)[O-])ccc4Cl)ccc32)CC1. The third-order valence-corrected chi connectivity index (χ3v) is 6.60. The average Bonchev–Trinajstić information content (AvgIpc) is 2.75. The van der Waals surface area contributed by atoms with Crippen LogP contribution < -0.4 is 10.2 Å². The van der Waals surface area contributed by atoms with Crippen LogP contribution in [0.2, 0.25) is 5.02 Å². The van der Waals surface area contributed by atoms with Crippen LogP contribution in [0.5, 0.6) is 0 Å². The molecule has 0 unspecified atom stereocenters. The molecule has 0 radical (unpaired) electrons. The summed E-state index contributed by atoms with van der Waals surface area (Å²) < 4.78 is 0. The first-order chi connectivity index (χ1) is 14.9. The van der Waals surface area contributed by atoms with Crippen molar-refractivity contribution in [2.75, 3.05) is 43.4 Å². The predicted molar refractivity (Wildman–Crippen MR) is 123 cm³/mol. The minimum atomic E-state index is -0.537. The van der Waals surface area contributed by atoms with Gasteiger partial charge in [0, 0.05) is 36.6 Å². The van der Waals surface area contributed by atoms with E-state index in [0.29, 0.717) is 5.69 Å². The number of rotatable bonds is 5. The van der Waals surface area contributed by atoms with Gasteiger partial charge in [0.1, 0.15) is 0 Å². The number of hydrogen-bond donors (Lipinski definition) is 1. The maximum atomic E-state index is 12.7. The minimum absolute atomic E-state index is 0.0949. The third kappa shape index (κ3) is 4.99. The van der Waals surface area contributed by atoms with Crippen LogP contribution in [0.15, 0.2) is 36.4 Å². The molecule has 1 saturated heterocycles. The number of nitrogens with one attached hydrogen (secondary N) is 1. The molecule has 2 aromatic carbocycles. The number of piperidine rings is 1. The number of halogens is 1. The number of carbonyl (C=O) groups is 1. The van der Waals surface area contributed by atoms with Crippen LogP contribution in [-0.2, 0) is 6.42 Å². The standard InChI is InChI=1S/C23H27ClN4O3/c1-26-11-8-16(9-12-26)15-27-10-2-3-17-13-18(4-7-22(17)27)25-23(29)20-14-19(28(30)31)5-6-21(20)24/h4-7,13-14,16H,2-3,8-12,15H2,1H3,(H,25,29). The molecule has 0 atom stereocenters. The van der Waals surface area contributed by atoms with Crippen molar-refractivity contribution in [3.8, 4) is 0 Å². The number of aryl methyl sites for hydroxylation is 1. The van der Waals surface area contributed by atoms with E-state index in [0.717, 1.165) is 44.9 Å². The molecule has 0 saturated carbocycles. The third-order valence-electron chi connectivity index (χ3n) is 6.27. The first-order valence-corrected chi connectivity index (χ1v) is 11.1. The number of hydrogen-bond acceptors (Lipinski definition) is 5. The molecule has 1 fully saturated rings. The Bertz CT molecular complexity index is 989. The average molecular weight is 443 g/mol. The number of carbonyl (C=O) groups excluding carboxylic acids is 1. The van der Waals surface area contributed by atoms with Crippen LogP contribution in [-0.4, -0.2) is 49.0 Å². The summed E-state index contributed by atoms with van der Waals surface area (Å²) in [5.41, 5.74) is 3.08. The lowest BCUT2D eigenvalue weighted by Gasteiger charge is -2.37. The first-order valence-electron chi connectivity index (χ1n) is 10.7. The van der Waals surface area contributed by atoms with Gasteiger partial charge in [-0.3, -0.25) is 14.9 Å². The molecule has 0 aliphatic carbocycles. The van der Waals surface area contributed by atoms with Gasteiger partial charge in [-0.2, -0.15) is 0 Å². The summed E-state index contributed by atoms with van der Waals surface area (Å²) in [7, 11) is 2.18. The first kappa shape index (κ1) is 21.6. The fourth-order valence-electron chi connectivity index (χ4n) is 4.50. The van der Waals surface area contributed by atoms with Crippen molar-refractivity contribution in [3.05, 3.63) is 62.7 Å². The summed E-state index contributed by atoms with van der Waals surface area (Å²) in [5.74, 6) is 0.269. The van der Waals surface area contributed by atoms with Gasteiger partial charge in [0.05, 0.1) is 15.5 Å². The van der Waals surface area contributed by atoms with E-state index in [1.165, 1.54) is 42.3 Å². The molecule has 2 aliphatic rings. The predicted octanol–water partition coefficient (Wildman–Crippen LogP) is 4.59. The van der Waals surface area contributed by atoms with E-state index < -0.39 is 10.8 Å². The molecular weight excluding hydrogens is 416 g/mol. The van der Waals surface area contributed by atoms with Crippen molar-refractivity contribution < 1.29 is 9.72 Å². The van der Waals surface area contributed by atoms with E-state index in [2.05, 4.69) is 28.2 Å². The summed E-state index contributed by atoms with van der Waals surface area (Å²) in [5, 5.41) is 14.1. The number of benzene rings is 2. The van der Waals surface area contributed by atoms with Gasteiger partial charge >= 0.3 is 0 Å². The summed E-state index contributed by atoms with van der Waals surface area (Å²) in [6, 6.07) is 9.86. The van der Waals surface area contributed by atoms with Gasteiger partial charge < -0.3 is 15.1 Å². The second-order valence-electron chi connectivity index (χ2n) is 8.52. The molecule has 1 N–H and O–H groups in total. The fraction of sp³-hybridized carbons (Fsp3) is 0.435. The molecule has 0 aromatic heterocycles. The lowest BCUT2D eigenvalue weighted by Crippen LogP contribution is -2.39. The second kappa shape index (κ2) is 9.24. The topological polar surface area (TPSA) is 78.7 Å². The van der Waals surface area contributed by atoms with Crippen molar-refractivity contribution in [1.29, 1.82) is 0 Å². The monoisotopic (exact) mass is 442 g/mol. The Morgan fingerprint density at radius 2 is 1.97 bits per heavy atom. The van der Waals surface area contributed by atoms with E-state index in [1.807, 2.05) is 12.1 Å². The van der Waals surface area contributed by atoms with E-state index in [4.69, 9.17) is 11.6 Å². The van der Waals surface area contributed by atoms with Gasteiger partial charge in [-0.25, -0.2) is 0 Å². The number of fused-ring (bicyclic) bond motifs is 1. The van der Waals surface area contributed by atoms with Crippen molar-refractivity contribution in [2.45, 2.75) is 25.7 Å². The minimum Gasteiger partial charge on any atom is -0.371 e. The zero-order valence-corrected chi connectivity index (χ0v) is 18.4. The van der Waals surface area contributed by atoms with Gasteiger partial charge in [-0.15, -0.1) is 0 Å². The Balaban J connectivity index is 1.47. The zero-order chi connectivity index (χ0) is 22.0. The van der Waals surface area contributed by atoms with E-state index in [9.17, 15) is 14.9 Å². The smallest absolute Gasteiger partial charge is 0.270 e. The van der Waals surface area contributed by atoms with Crippen molar-refractivity contribution >= 4 is 34.6 Å². The van der Waals surface area contributed by atoms with Crippen LogP contribution in [0.3, 0.4) is 0 Å². The Morgan fingerprint density at radius 3 is 2.71 bits per heavy atom. The molecule has 4 rings (SSSR count). The highest BCUT2D eigenvalue weighted by molar-refractivity contribution is 6.34.